The Hall–Kier alpha value is -2.24. The van der Waals surface area contributed by atoms with Gasteiger partial charge in [0.25, 0.3) is 0 Å². The van der Waals surface area contributed by atoms with Crippen LogP contribution in [0.1, 0.15) is 31.7 Å². The fourth-order valence-corrected chi connectivity index (χ4v) is 1.64. The molecule has 3 N–H and O–H groups in total. The summed E-state index contributed by atoms with van der Waals surface area (Å²) >= 11 is 0. The van der Waals surface area contributed by atoms with Crippen LogP contribution in [0.15, 0.2) is 23.3 Å². The second-order valence-electron chi connectivity index (χ2n) is 4.17. The number of carbonyl (C=O) groups is 1. The summed E-state index contributed by atoms with van der Waals surface area (Å²) in [6.07, 6.45) is 4.70. The molecule has 1 aromatic carbocycles. The Kier molecular flexibility index (Phi) is 6.95. The van der Waals surface area contributed by atoms with Gasteiger partial charge in [0.2, 0.25) is 0 Å². The molecule has 0 fully saturated rings. The standard InChI is InChI=1S/C14H21N3O3/c1-3-4-5-9-20-13-11(10-16-17-14(15)18)7-6-8-12(13)19-2/h6-8,10H,3-5,9H2,1-2H3,(H3,15,17,18). The number of hydrogen-bond donors (Lipinski definition) is 2. The average molecular weight is 279 g/mol. The number of rotatable bonds is 8. The highest BCUT2D eigenvalue weighted by Gasteiger charge is 2.09. The second-order valence-corrected chi connectivity index (χ2v) is 4.17. The van der Waals surface area contributed by atoms with E-state index in [1.165, 1.54) is 6.21 Å². The number of para-hydroxylation sites is 1. The first kappa shape index (κ1) is 15.8. The van der Waals surface area contributed by atoms with E-state index < -0.39 is 6.03 Å². The molecule has 1 rings (SSSR count). The van der Waals surface area contributed by atoms with Crippen LogP contribution < -0.4 is 20.6 Å². The Bertz CT molecular complexity index is 461. The van der Waals surface area contributed by atoms with E-state index in [1.807, 2.05) is 18.2 Å². The van der Waals surface area contributed by atoms with Crippen molar-refractivity contribution in [3.8, 4) is 11.5 Å². The third kappa shape index (κ3) is 5.17. The van der Waals surface area contributed by atoms with Crippen molar-refractivity contribution in [1.82, 2.24) is 5.43 Å². The molecular formula is C14H21N3O3. The predicted molar refractivity (Wildman–Crippen MR) is 78.3 cm³/mol. The van der Waals surface area contributed by atoms with E-state index in [4.69, 9.17) is 15.2 Å². The van der Waals surface area contributed by atoms with E-state index in [-0.39, 0.29) is 0 Å². The zero-order valence-corrected chi connectivity index (χ0v) is 11.9. The maximum absolute atomic E-state index is 10.6. The Morgan fingerprint density at radius 3 is 2.90 bits per heavy atom. The molecule has 110 valence electrons. The maximum Gasteiger partial charge on any atom is 0.332 e. The van der Waals surface area contributed by atoms with Crippen molar-refractivity contribution in [3.63, 3.8) is 0 Å². The van der Waals surface area contributed by atoms with Crippen molar-refractivity contribution in [2.75, 3.05) is 13.7 Å². The van der Waals surface area contributed by atoms with Crippen molar-refractivity contribution in [2.24, 2.45) is 10.8 Å². The number of nitrogens with one attached hydrogen (secondary N) is 1. The Morgan fingerprint density at radius 1 is 1.45 bits per heavy atom. The second kappa shape index (κ2) is 8.79. The summed E-state index contributed by atoms with van der Waals surface area (Å²) in [6, 6.07) is 4.75. The number of methoxy groups -OCH3 is 1. The molecule has 0 saturated carbocycles. The fourth-order valence-electron chi connectivity index (χ4n) is 1.64. The molecule has 1 aromatic rings. The highest BCUT2D eigenvalue weighted by molar-refractivity contribution is 5.86. The number of ether oxygens (including phenoxy) is 2. The number of carbonyl (C=O) groups excluding carboxylic acids is 1. The number of nitrogens with zero attached hydrogens (tertiary/aromatic N) is 1. The molecule has 0 aromatic heterocycles. The quantitative estimate of drug-likeness (QED) is 0.435. The van der Waals surface area contributed by atoms with Crippen LogP contribution >= 0.6 is 0 Å². The Labute approximate surface area is 118 Å². The van der Waals surface area contributed by atoms with Crippen LogP contribution in [-0.2, 0) is 0 Å². The molecular weight excluding hydrogens is 258 g/mol. The van der Waals surface area contributed by atoms with E-state index >= 15 is 0 Å². The van der Waals surface area contributed by atoms with Crippen LogP contribution in [0.4, 0.5) is 4.79 Å². The summed E-state index contributed by atoms with van der Waals surface area (Å²) in [6.45, 7) is 2.75. The van der Waals surface area contributed by atoms with Gasteiger partial charge < -0.3 is 15.2 Å². The van der Waals surface area contributed by atoms with Crippen LogP contribution in [0.3, 0.4) is 0 Å². The van der Waals surface area contributed by atoms with Crippen LogP contribution in [0, 0.1) is 0 Å². The van der Waals surface area contributed by atoms with E-state index in [2.05, 4.69) is 17.5 Å². The molecule has 0 heterocycles. The van der Waals surface area contributed by atoms with Crippen molar-refractivity contribution < 1.29 is 14.3 Å². The monoisotopic (exact) mass is 279 g/mol. The first-order chi connectivity index (χ1) is 9.69. The lowest BCUT2D eigenvalue weighted by atomic mass is 10.2. The van der Waals surface area contributed by atoms with Gasteiger partial charge in [-0.1, -0.05) is 25.8 Å². The van der Waals surface area contributed by atoms with Gasteiger partial charge in [0.1, 0.15) is 0 Å². The summed E-state index contributed by atoms with van der Waals surface area (Å²) in [5.74, 6) is 1.24. The highest BCUT2D eigenvalue weighted by Crippen LogP contribution is 2.30. The SMILES string of the molecule is CCCCCOc1c(C=NNC(N)=O)cccc1OC. The largest absolute Gasteiger partial charge is 0.493 e. The van der Waals surface area contributed by atoms with Crippen LogP contribution in [-0.4, -0.2) is 26.0 Å². The minimum absolute atomic E-state index is 0.609. The van der Waals surface area contributed by atoms with E-state index in [9.17, 15) is 4.79 Å². The number of unbranched alkanes of at least 4 members (excludes halogenated alkanes) is 2. The minimum atomic E-state index is -0.713. The Morgan fingerprint density at radius 2 is 2.25 bits per heavy atom. The summed E-state index contributed by atoms with van der Waals surface area (Å²) in [5.41, 5.74) is 7.81. The van der Waals surface area contributed by atoms with E-state index in [0.717, 1.165) is 24.8 Å². The van der Waals surface area contributed by atoms with Crippen LogP contribution in [0.2, 0.25) is 0 Å². The first-order valence-electron chi connectivity index (χ1n) is 6.57. The van der Waals surface area contributed by atoms with Crippen molar-refractivity contribution >= 4 is 12.2 Å². The van der Waals surface area contributed by atoms with Crippen molar-refractivity contribution in [2.45, 2.75) is 26.2 Å². The maximum atomic E-state index is 10.6. The normalized spacial score (nSPS) is 10.5. The molecule has 0 aliphatic carbocycles. The molecule has 0 aliphatic rings. The van der Waals surface area contributed by atoms with Gasteiger partial charge in [-0.2, -0.15) is 5.10 Å². The van der Waals surface area contributed by atoms with E-state index in [0.29, 0.717) is 18.1 Å². The molecule has 0 aliphatic heterocycles. The van der Waals surface area contributed by atoms with Gasteiger partial charge in [-0.25, -0.2) is 10.2 Å². The minimum Gasteiger partial charge on any atom is -0.493 e. The number of hydrazone groups is 1. The molecule has 6 heteroatoms. The zero-order chi connectivity index (χ0) is 14.8. The molecule has 0 spiro atoms. The van der Waals surface area contributed by atoms with Gasteiger partial charge in [0.15, 0.2) is 11.5 Å². The van der Waals surface area contributed by atoms with Gasteiger partial charge >= 0.3 is 6.03 Å². The number of hydrogen-bond acceptors (Lipinski definition) is 4. The molecule has 0 bridgehead atoms. The fraction of sp³-hybridized carbons (Fsp3) is 0.429. The predicted octanol–water partition coefficient (Wildman–Crippen LogP) is 2.27. The molecule has 2 amide bonds. The summed E-state index contributed by atoms with van der Waals surface area (Å²) in [5, 5.41) is 3.74. The smallest absolute Gasteiger partial charge is 0.332 e. The summed E-state index contributed by atoms with van der Waals surface area (Å²) < 4.78 is 11.0. The van der Waals surface area contributed by atoms with Crippen molar-refractivity contribution in [3.05, 3.63) is 23.8 Å². The lowest BCUT2D eigenvalue weighted by molar-refractivity contribution is 0.249. The summed E-state index contributed by atoms with van der Waals surface area (Å²) in [4.78, 5) is 10.6. The number of urea groups is 1. The molecule has 0 saturated heterocycles. The third-order valence-corrected chi connectivity index (χ3v) is 2.60. The Balaban J connectivity index is 2.80. The first-order valence-corrected chi connectivity index (χ1v) is 6.57. The zero-order valence-electron chi connectivity index (χ0n) is 11.9. The third-order valence-electron chi connectivity index (χ3n) is 2.60. The van der Waals surface area contributed by atoms with Gasteiger partial charge in [-0.05, 0) is 18.6 Å². The number of nitrogens with two attached hydrogens (primary N) is 1. The van der Waals surface area contributed by atoms with Gasteiger partial charge in [0, 0.05) is 5.56 Å². The number of amides is 2. The number of primary amides is 1. The van der Waals surface area contributed by atoms with Crippen LogP contribution in [0.5, 0.6) is 11.5 Å². The molecule has 0 radical (unpaired) electrons. The van der Waals surface area contributed by atoms with Gasteiger partial charge in [-0.3, -0.25) is 0 Å². The van der Waals surface area contributed by atoms with Crippen molar-refractivity contribution in [1.29, 1.82) is 0 Å². The molecule has 0 atom stereocenters. The molecule has 6 nitrogen and oxygen atoms in total. The summed E-state index contributed by atoms with van der Waals surface area (Å²) in [7, 11) is 1.58. The van der Waals surface area contributed by atoms with Crippen LogP contribution in [0.25, 0.3) is 0 Å². The molecule has 20 heavy (non-hydrogen) atoms. The lowest BCUT2D eigenvalue weighted by Gasteiger charge is -2.12. The topological polar surface area (TPSA) is 85.9 Å². The molecule has 0 unspecified atom stereocenters. The number of benzene rings is 1. The van der Waals surface area contributed by atoms with Gasteiger partial charge in [-0.15, -0.1) is 0 Å². The van der Waals surface area contributed by atoms with Gasteiger partial charge in [0.05, 0.1) is 19.9 Å². The average Bonchev–Trinajstić information content (AvgIpc) is 2.44. The lowest BCUT2D eigenvalue weighted by Crippen LogP contribution is -2.24. The highest BCUT2D eigenvalue weighted by atomic mass is 16.5. The van der Waals surface area contributed by atoms with E-state index in [1.54, 1.807) is 7.11 Å².